The monoisotopic (exact) mass is 382 g/mol. The smallest absolute Gasteiger partial charge is 0.308 e. The van der Waals surface area contributed by atoms with Gasteiger partial charge >= 0.3 is 17.9 Å². The van der Waals surface area contributed by atoms with Crippen LogP contribution in [0.25, 0.3) is 11.6 Å². The van der Waals surface area contributed by atoms with E-state index in [1.807, 2.05) is 18.2 Å². The Balaban J connectivity index is 1.95. The Morgan fingerprint density at radius 2 is 1.46 bits per heavy atom. The molecule has 0 saturated heterocycles. The van der Waals surface area contributed by atoms with Gasteiger partial charge in [0, 0.05) is 26.3 Å². The highest BCUT2D eigenvalue weighted by atomic mass is 16.6. The predicted octanol–water partition coefficient (Wildman–Crippen LogP) is 3.40. The quantitative estimate of drug-likeness (QED) is 0.591. The van der Waals surface area contributed by atoms with Gasteiger partial charge in [0.1, 0.15) is 12.4 Å². The molecule has 0 N–H and O–H groups in total. The van der Waals surface area contributed by atoms with Crippen LogP contribution in [0.15, 0.2) is 36.4 Å². The molecule has 0 atom stereocenters. The summed E-state index contributed by atoms with van der Waals surface area (Å²) in [6.07, 6.45) is 1.89. The van der Waals surface area contributed by atoms with Crippen LogP contribution in [-0.2, 0) is 14.4 Å². The van der Waals surface area contributed by atoms with Crippen LogP contribution in [0.5, 0.6) is 23.0 Å². The van der Waals surface area contributed by atoms with Crippen LogP contribution >= 0.6 is 0 Å². The van der Waals surface area contributed by atoms with E-state index in [0.29, 0.717) is 17.1 Å². The van der Waals surface area contributed by atoms with E-state index in [1.54, 1.807) is 24.3 Å². The van der Waals surface area contributed by atoms with E-state index in [4.69, 9.17) is 18.9 Å². The summed E-state index contributed by atoms with van der Waals surface area (Å²) in [6, 6.07) is 10.3. The molecule has 3 rings (SSSR count). The summed E-state index contributed by atoms with van der Waals surface area (Å²) in [5, 5.41) is 0. The number of rotatable bonds is 4. The van der Waals surface area contributed by atoms with Gasteiger partial charge in [-0.1, -0.05) is 12.1 Å². The minimum Gasteiger partial charge on any atom is -0.484 e. The Morgan fingerprint density at radius 3 is 2.07 bits per heavy atom. The van der Waals surface area contributed by atoms with Crippen molar-refractivity contribution >= 4 is 29.6 Å². The molecule has 0 aliphatic carbocycles. The fourth-order valence-electron chi connectivity index (χ4n) is 2.75. The molecule has 1 aliphatic heterocycles. The largest absolute Gasteiger partial charge is 0.484 e. The molecule has 0 spiro atoms. The van der Waals surface area contributed by atoms with E-state index in [0.717, 1.165) is 11.1 Å². The molecule has 7 nitrogen and oxygen atoms in total. The topological polar surface area (TPSA) is 88.1 Å². The van der Waals surface area contributed by atoms with Crippen LogP contribution in [-0.4, -0.2) is 24.5 Å². The van der Waals surface area contributed by atoms with Gasteiger partial charge in [-0.05, 0) is 41.5 Å². The fourth-order valence-corrected chi connectivity index (χ4v) is 2.75. The van der Waals surface area contributed by atoms with Crippen molar-refractivity contribution < 1.29 is 33.3 Å². The number of ether oxygens (including phenoxy) is 4. The fraction of sp³-hybridized carbons (Fsp3) is 0.190. The summed E-state index contributed by atoms with van der Waals surface area (Å²) in [7, 11) is 0. The standard InChI is InChI=1S/C21H18O7/c1-12(22)26-18-7-4-15(5-8-18)17-10-16-6-9-19(27-13(2)23)21(28-14(3)24)20(16)25-11-17/h4-10H,11H2,1-3H3. The van der Waals surface area contributed by atoms with E-state index >= 15 is 0 Å². The molecular weight excluding hydrogens is 364 g/mol. The van der Waals surface area contributed by atoms with E-state index in [-0.39, 0.29) is 24.1 Å². The maximum absolute atomic E-state index is 11.5. The van der Waals surface area contributed by atoms with Crippen molar-refractivity contribution in [1.82, 2.24) is 0 Å². The average Bonchev–Trinajstić information content (AvgIpc) is 2.62. The predicted molar refractivity (Wildman–Crippen MR) is 100 cm³/mol. The van der Waals surface area contributed by atoms with Gasteiger partial charge in [0.25, 0.3) is 0 Å². The first-order valence-electron chi connectivity index (χ1n) is 8.49. The molecule has 144 valence electrons. The number of carbonyl (C=O) groups excluding carboxylic acids is 3. The number of carbonyl (C=O) groups is 3. The lowest BCUT2D eigenvalue weighted by molar-refractivity contribution is -0.134. The van der Waals surface area contributed by atoms with Gasteiger partial charge in [-0.3, -0.25) is 14.4 Å². The van der Waals surface area contributed by atoms with Gasteiger partial charge in [-0.25, -0.2) is 0 Å². The first-order valence-corrected chi connectivity index (χ1v) is 8.49. The summed E-state index contributed by atoms with van der Waals surface area (Å²) in [6.45, 7) is 4.08. The minimum absolute atomic E-state index is 0.0701. The van der Waals surface area contributed by atoms with E-state index in [1.165, 1.54) is 20.8 Å². The maximum Gasteiger partial charge on any atom is 0.308 e. The number of esters is 3. The molecule has 7 heteroatoms. The molecule has 28 heavy (non-hydrogen) atoms. The molecule has 0 unspecified atom stereocenters. The second-order valence-corrected chi connectivity index (χ2v) is 6.07. The van der Waals surface area contributed by atoms with Crippen LogP contribution < -0.4 is 18.9 Å². The first kappa shape index (κ1) is 19.2. The lowest BCUT2D eigenvalue weighted by atomic mass is 10.0. The number of benzene rings is 2. The molecule has 1 aliphatic rings. The van der Waals surface area contributed by atoms with Crippen LogP contribution in [0.2, 0.25) is 0 Å². The number of hydrogen-bond donors (Lipinski definition) is 0. The zero-order valence-corrected chi connectivity index (χ0v) is 15.6. The Kier molecular flexibility index (Phi) is 5.44. The summed E-state index contributed by atoms with van der Waals surface area (Å²) in [5.74, 6) is -0.505. The normalized spacial score (nSPS) is 12.2. The molecule has 0 saturated carbocycles. The highest BCUT2D eigenvalue weighted by Gasteiger charge is 2.23. The molecule has 0 bridgehead atoms. The van der Waals surface area contributed by atoms with E-state index in [9.17, 15) is 14.4 Å². The lowest BCUT2D eigenvalue weighted by Gasteiger charge is -2.22. The summed E-state index contributed by atoms with van der Waals surface area (Å²) in [5.41, 5.74) is 2.45. The molecule has 0 aromatic heterocycles. The third-order valence-corrected chi connectivity index (χ3v) is 3.79. The van der Waals surface area contributed by atoms with Crippen molar-refractivity contribution in [3.8, 4) is 23.0 Å². The van der Waals surface area contributed by atoms with Gasteiger partial charge in [0.2, 0.25) is 5.75 Å². The van der Waals surface area contributed by atoms with Gasteiger partial charge in [0.15, 0.2) is 11.5 Å². The first-order chi connectivity index (χ1) is 13.3. The molecule has 2 aromatic carbocycles. The van der Waals surface area contributed by atoms with E-state index in [2.05, 4.69) is 0 Å². The van der Waals surface area contributed by atoms with Gasteiger partial charge in [0.05, 0.1) is 0 Å². The van der Waals surface area contributed by atoms with Gasteiger partial charge in [-0.2, -0.15) is 0 Å². The molecule has 0 fully saturated rings. The molecule has 0 radical (unpaired) electrons. The molecule has 0 amide bonds. The SMILES string of the molecule is CC(=O)Oc1ccc(C2=Cc3ccc(OC(C)=O)c(OC(C)=O)c3OC2)cc1. The van der Waals surface area contributed by atoms with Crippen molar-refractivity contribution in [3.05, 3.63) is 47.5 Å². The Hall–Kier alpha value is -3.61. The molecular formula is C21H18O7. The van der Waals surface area contributed by atoms with Crippen LogP contribution in [0.3, 0.4) is 0 Å². The highest BCUT2D eigenvalue weighted by Crippen LogP contribution is 2.44. The van der Waals surface area contributed by atoms with Crippen LogP contribution in [0.4, 0.5) is 0 Å². The summed E-state index contributed by atoms with van der Waals surface area (Å²) >= 11 is 0. The number of fused-ring (bicyclic) bond motifs is 1. The zero-order chi connectivity index (χ0) is 20.3. The average molecular weight is 382 g/mol. The van der Waals surface area contributed by atoms with Crippen molar-refractivity contribution in [2.45, 2.75) is 20.8 Å². The minimum atomic E-state index is -0.554. The zero-order valence-electron chi connectivity index (χ0n) is 15.6. The maximum atomic E-state index is 11.5. The summed E-state index contributed by atoms with van der Waals surface area (Å²) < 4.78 is 21.2. The molecule has 1 heterocycles. The lowest BCUT2D eigenvalue weighted by Crippen LogP contribution is -2.12. The second kappa shape index (κ2) is 7.96. The van der Waals surface area contributed by atoms with Gasteiger partial charge < -0.3 is 18.9 Å². The third kappa shape index (κ3) is 4.37. The Labute approximate surface area is 161 Å². The summed E-state index contributed by atoms with van der Waals surface area (Å²) in [4.78, 5) is 33.8. The van der Waals surface area contributed by atoms with Crippen molar-refractivity contribution in [1.29, 1.82) is 0 Å². The molecule has 2 aromatic rings. The second-order valence-electron chi connectivity index (χ2n) is 6.07. The Bertz CT molecular complexity index is 971. The van der Waals surface area contributed by atoms with Crippen molar-refractivity contribution in [2.75, 3.05) is 6.61 Å². The van der Waals surface area contributed by atoms with Crippen molar-refractivity contribution in [2.24, 2.45) is 0 Å². The van der Waals surface area contributed by atoms with Crippen molar-refractivity contribution in [3.63, 3.8) is 0 Å². The Morgan fingerprint density at radius 1 is 0.821 bits per heavy atom. The number of hydrogen-bond acceptors (Lipinski definition) is 7. The van der Waals surface area contributed by atoms with Crippen LogP contribution in [0, 0.1) is 0 Å². The van der Waals surface area contributed by atoms with Crippen LogP contribution in [0.1, 0.15) is 31.9 Å². The van der Waals surface area contributed by atoms with Gasteiger partial charge in [-0.15, -0.1) is 0 Å². The third-order valence-electron chi connectivity index (χ3n) is 3.79. The highest BCUT2D eigenvalue weighted by molar-refractivity contribution is 5.88. The van der Waals surface area contributed by atoms with E-state index < -0.39 is 11.9 Å².